The number of benzene rings is 2. The first kappa shape index (κ1) is 22.7. The van der Waals surface area contributed by atoms with Crippen molar-refractivity contribution in [2.24, 2.45) is 5.73 Å². The van der Waals surface area contributed by atoms with Crippen LogP contribution in [0, 0.1) is 0 Å². The summed E-state index contributed by atoms with van der Waals surface area (Å²) >= 11 is 0. The molecule has 0 fully saturated rings. The Morgan fingerprint density at radius 1 is 1.06 bits per heavy atom. The summed E-state index contributed by atoms with van der Waals surface area (Å²) in [5.41, 5.74) is 3.61. The Labute approximate surface area is 184 Å². The van der Waals surface area contributed by atoms with Crippen molar-refractivity contribution in [1.82, 2.24) is 0 Å². The Bertz CT molecular complexity index is 1150. The van der Waals surface area contributed by atoms with E-state index in [0.717, 1.165) is 0 Å². The van der Waals surface area contributed by atoms with Crippen LogP contribution in [0.3, 0.4) is 0 Å². The fraction of sp³-hybridized carbons (Fsp3) is 0.211. The molecule has 0 unspecified atom stereocenters. The van der Waals surface area contributed by atoms with E-state index >= 15 is 0 Å². The minimum Gasteiger partial charge on any atom is -0.497 e. The van der Waals surface area contributed by atoms with Gasteiger partial charge in [0, 0.05) is 11.6 Å². The molecule has 0 spiro atoms. The van der Waals surface area contributed by atoms with Gasteiger partial charge in [0.1, 0.15) is 11.5 Å². The van der Waals surface area contributed by atoms with E-state index in [0.29, 0.717) is 5.75 Å². The molecule has 2 aromatic carbocycles. The van der Waals surface area contributed by atoms with Gasteiger partial charge in [-0.2, -0.15) is 8.42 Å². The van der Waals surface area contributed by atoms with E-state index in [1.807, 2.05) is 0 Å². The second kappa shape index (κ2) is 7.92. The summed E-state index contributed by atoms with van der Waals surface area (Å²) < 4.78 is 43.7. The van der Waals surface area contributed by atoms with Crippen molar-refractivity contribution < 1.29 is 31.6 Å². The quantitative estimate of drug-likeness (QED) is 0.487. The van der Waals surface area contributed by atoms with Crippen LogP contribution in [0.1, 0.15) is 11.1 Å². The molecule has 31 heavy (non-hydrogen) atoms. The van der Waals surface area contributed by atoms with Crippen LogP contribution in [0.4, 0.5) is 0 Å². The first-order valence-electron chi connectivity index (χ1n) is 8.80. The zero-order chi connectivity index (χ0) is 23.0. The second-order valence-corrected chi connectivity index (χ2v) is 8.37. The lowest BCUT2D eigenvalue weighted by molar-refractivity contribution is -0.126. The first-order chi connectivity index (χ1) is 14.5. The van der Waals surface area contributed by atoms with E-state index in [1.165, 1.54) is 56.7 Å². The highest BCUT2D eigenvalue weighted by molar-refractivity contribution is 7.90. The topological polar surface area (TPSA) is 114 Å². The van der Waals surface area contributed by atoms with E-state index in [2.05, 4.69) is 0 Å². The summed E-state index contributed by atoms with van der Waals surface area (Å²) in [6.45, 7) is 0. The summed E-state index contributed by atoms with van der Waals surface area (Å²) in [7, 11) is 15.8. The van der Waals surface area contributed by atoms with Gasteiger partial charge in [0.2, 0.25) is 17.4 Å². The highest BCUT2D eigenvalue weighted by atomic mass is 32.2. The van der Waals surface area contributed by atoms with Crippen LogP contribution in [0.5, 0.6) is 11.5 Å². The molecular weight excluding hydrogens is 419 g/mol. The number of carbonyl (C=O) groups is 1. The number of rotatable bonds is 7. The first-order valence-corrected chi connectivity index (χ1v) is 10.2. The van der Waals surface area contributed by atoms with E-state index in [4.69, 9.17) is 47.7 Å². The van der Waals surface area contributed by atoms with Gasteiger partial charge in [-0.25, -0.2) is 0 Å². The van der Waals surface area contributed by atoms with Gasteiger partial charge in [-0.1, -0.05) is 30.3 Å². The van der Waals surface area contributed by atoms with Crippen LogP contribution in [-0.4, -0.2) is 52.0 Å². The fourth-order valence-corrected chi connectivity index (χ4v) is 3.87. The van der Waals surface area contributed by atoms with Gasteiger partial charge in [-0.05, 0) is 17.7 Å². The Morgan fingerprint density at radius 2 is 1.71 bits per heavy atom. The molecule has 1 aliphatic rings. The molecule has 2 aromatic rings. The average Bonchev–Trinajstić information content (AvgIpc) is 2.97. The molecule has 154 valence electrons. The molecule has 8 nitrogen and oxygen atoms in total. The predicted octanol–water partition coefficient (Wildman–Crippen LogP) is 0.246. The number of ether oxygens (including phenoxy) is 3. The van der Waals surface area contributed by atoms with E-state index in [1.54, 1.807) is 6.07 Å². The van der Waals surface area contributed by atoms with Crippen LogP contribution in [0.2, 0.25) is 0 Å². The maximum absolute atomic E-state index is 13.1. The van der Waals surface area contributed by atoms with Crippen molar-refractivity contribution in [2.75, 3.05) is 14.2 Å². The van der Waals surface area contributed by atoms with Crippen molar-refractivity contribution in [2.45, 2.75) is 10.0 Å². The predicted molar refractivity (Wildman–Crippen MR) is 114 cm³/mol. The van der Waals surface area contributed by atoms with Crippen LogP contribution in [-0.2, 0) is 33.9 Å². The monoisotopic (exact) mass is 435 g/mol. The Morgan fingerprint density at radius 3 is 2.29 bits per heavy atom. The van der Waals surface area contributed by atoms with Crippen molar-refractivity contribution >= 4 is 39.4 Å². The molecule has 0 bridgehead atoms. The molecule has 0 saturated heterocycles. The largest absolute Gasteiger partial charge is 0.497 e. The molecule has 6 radical (unpaired) electrons. The molecule has 0 aliphatic carbocycles. The second-order valence-electron chi connectivity index (χ2n) is 6.62. The lowest BCUT2D eigenvalue weighted by Crippen LogP contribution is -2.40. The van der Waals surface area contributed by atoms with Crippen molar-refractivity contribution in [1.29, 1.82) is 0 Å². The van der Waals surface area contributed by atoms with E-state index < -0.39 is 37.6 Å². The maximum atomic E-state index is 13.1. The summed E-state index contributed by atoms with van der Waals surface area (Å²) in [6, 6.07) is 11.9. The third-order valence-corrected chi connectivity index (χ3v) is 6.13. The van der Waals surface area contributed by atoms with E-state index in [9.17, 15) is 13.2 Å². The molecule has 0 saturated carbocycles. The molecule has 1 aliphatic heterocycles. The van der Waals surface area contributed by atoms with Gasteiger partial charge in [0.05, 0.1) is 34.5 Å². The van der Waals surface area contributed by atoms with Crippen molar-refractivity contribution in [3.05, 3.63) is 71.3 Å². The number of ketones is 1. The highest BCUT2D eigenvalue weighted by Crippen LogP contribution is 2.42. The third kappa shape index (κ3) is 3.76. The van der Waals surface area contributed by atoms with Gasteiger partial charge in [-0.3, -0.25) is 4.79 Å². The van der Waals surface area contributed by atoms with Gasteiger partial charge in [0.15, 0.2) is 13.3 Å². The van der Waals surface area contributed by atoms with Gasteiger partial charge in [-0.15, -0.1) is 0 Å². The van der Waals surface area contributed by atoms with Crippen molar-refractivity contribution in [3.8, 4) is 11.5 Å². The number of nitrogens with two attached hydrogens (primary N) is 1. The van der Waals surface area contributed by atoms with Crippen LogP contribution >= 0.6 is 0 Å². The zero-order valence-electron chi connectivity index (χ0n) is 16.7. The smallest absolute Gasteiger partial charge is 0.302 e. The minimum atomic E-state index is -4.81. The number of carbonyl (C=O) groups excluding carboxylic acids is 1. The zero-order valence-corrected chi connectivity index (χ0v) is 17.5. The summed E-state index contributed by atoms with van der Waals surface area (Å²) in [4.78, 5) is 13.1. The van der Waals surface area contributed by atoms with Gasteiger partial charge < -0.3 is 24.1 Å². The maximum Gasteiger partial charge on any atom is 0.302 e. The van der Waals surface area contributed by atoms with Gasteiger partial charge >= 0.3 is 10.1 Å². The van der Waals surface area contributed by atoms with E-state index in [-0.39, 0.29) is 16.9 Å². The molecule has 1 atom stereocenters. The molecule has 0 aromatic heterocycles. The van der Waals surface area contributed by atoms with Crippen LogP contribution in [0.25, 0.3) is 0 Å². The number of methoxy groups -OCH3 is 2. The lowest BCUT2D eigenvalue weighted by atomic mass is 9.65. The molecule has 12 heteroatoms. The fourth-order valence-electron chi connectivity index (χ4n) is 2.93. The van der Waals surface area contributed by atoms with Crippen LogP contribution in [0.15, 0.2) is 60.2 Å². The van der Waals surface area contributed by atoms with Gasteiger partial charge in [0.25, 0.3) is 0 Å². The SMILES string of the molecule is [B]C([B])(c1ccccc1)S(=O)(=O)OC1=C(N)O[C@]([B])(c2ccc(OC)cc2OC)C1=O. The molecule has 2 N–H and O–H groups in total. The Hall–Kier alpha value is -3.01. The lowest BCUT2D eigenvalue weighted by Gasteiger charge is -2.27. The average molecular weight is 435 g/mol. The molecule has 3 rings (SSSR count). The molecule has 0 amide bonds. The summed E-state index contributed by atoms with van der Waals surface area (Å²) in [6.07, 6.45) is 0. The van der Waals surface area contributed by atoms with Crippen molar-refractivity contribution in [3.63, 3.8) is 0 Å². The molecular formula is C19H16B3NO7S. The highest BCUT2D eigenvalue weighted by Gasteiger charge is 2.51. The standard InChI is InChI=1S/C19H16B3NO7S/c1-27-12-8-9-13(14(10-12)28-2)18(20)16(24)15(17(23)29-18)30-31(25,26)19(21,22)11-6-4-3-5-7-11/h3-10H,23H2,1-2H3/t18-/m1/s1. The Balaban J connectivity index is 1.97. The Kier molecular flexibility index (Phi) is 5.79. The normalized spacial score (nSPS) is 19.1. The third-order valence-electron chi connectivity index (χ3n) is 4.68. The minimum absolute atomic E-state index is 0.0244. The number of Topliss-reactive ketones (excluding diaryl/α,β-unsaturated/α-hetero) is 1. The van der Waals surface area contributed by atoms with Crippen LogP contribution < -0.4 is 15.2 Å². The number of hydrogen-bond acceptors (Lipinski definition) is 8. The summed E-state index contributed by atoms with van der Waals surface area (Å²) in [5.74, 6) is -2.01. The molecule has 1 heterocycles. The number of hydrogen-bond donors (Lipinski definition) is 1. The summed E-state index contributed by atoms with van der Waals surface area (Å²) in [5, 5.41) is 0.